The molecule has 1 aliphatic rings. The molecule has 1 aromatic heterocycles. The van der Waals surface area contributed by atoms with E-state index in [4.69, 9.17) is 11.6 Å². The number of nitrogens with one attached hydrogen (secondary N) is 1. The Labute approximate surface area is 196 Å². The maximum Gasteiger partial charge on any atom is 0.261 e. The number of sulfonamides is 1. The number of hydrogen-bond donors (Lipinski definition) is 1. The molecule has 0 bridgehead atoms. The van der Waals surface area contributed by atoms with E-state index in [0.717, 1.165) is 43.4 Å². The van der Waals surface area contributed by atoms with E-state index in [-0.39, 0.29) is 21.5 Å². The summed E-state index contributed by atoms with van der Waals surface area (Å²) in [5.74, 6) is -0.799. The van der Waals surface area contributed by atoms with Crippen LogP contribution in [0.5, 0.6) is 0 Å². The van der Waals surface area contributed by atoms with Crippen LogP contribution in [0.3, 0.4) is 0 Å². The van der Waals surface area contributed by atoms with Gasteiger partial charge < -0.3 is 4.90 Å². The predicted octanol–water partition coefficient (Wildman–Crippen LogP) is 3.63. The van der Waals surface area contributed by atoms with E-state index in [2.05, 4.69) is 14.6 Å². The summed E-state index contributed by atoms with van der Waals surface area (Å²) < 4.78 is 40.8. The van der Waals surface area contributed by atoms with E-state index in [1.165, 1.54) is 12.1 Å². The Balaban J connectivity index is 1.35. The van der Waals surface area contributed by atoms with Crippen LogP contribution in [0.1, 0.15) is 15.9 Å². The molecule has 33 heavy (non-hydrogen) atoms. The standard InChI is InChI=1S/C23H22ClFN4O3S/c24-21-14-20(7-8-22(21)25)33(31,32)27-19-5-3-18(4-6-19)23(30)29-12-10-28(11-13-29)16-17-2-1-9-26-15-17/h1-9,14-15,27H,10-13,16H2. The molecule has 172 valence electrons. The minimum atomic E-state index is -3.94. The summed E-state index contributed by atoms with van der Waals surface area (Å²) in [6, 6.07) is 13.3. The van der Waals surface area contributed by atoms with Gasteiger partial charge in [-0.2, -0.15) is 0 Å². The second-order valence-corrected chi connectivity index (χ2v) is 9.78. The van der Waals surface area contributed by atoms with Crippen molar-refractivity contribution in [1.82, 2.24) is 14.8 Å². The lowest BCUT2D eigenvalue weighted by Crippen LogP contribution is -2.48. The third-order valence-electron chi connectivity index (χ3n) is 5.37. The zero-order valence-electron chi connectivity index (χ0n) is 17.6. The van der Waals surface area contributed by atoms with E-state index in [1.54, 1.807) is 23.2 Å². The fourth-order valence-corrected chi connectivity index (χ4v) is 4.91. The third kappa shape index (κ3) is 5.68. The van der Waals surface area contributed by atoms with E-state index in [9.17, 15) is 17.6 Å². The predicted molar refractivity (Wildman–Crippen MR) is 124 cm³/mol. The number of halogens is 2. The van der Waals surface area contributed by atoms with Gasteiger partial charge in [0.15, 0.2) is 0 Å². The summed E-state index contributed by atoms with van der Waals surface area (Å²) in [4.78, 5) is 20.9. The van der Waals surface area contributed by atoms with Gasteiger partial charge in [0, 0.05) is 56.4 Å². The highest BCUT2D eigenvalue weighted by Crippen LogP contribution is 2.22. The van der Waals surface area contributed by atoms with Crippen LogP contribution < -0.4 is 4.72 Å². The van der Waals surface area contributed by atoms with Gasteiger partial charge in [0.1, 0.15) is 5.82 Å². The average molecular weight is 489 g/mol. The molecular formula is C23H22ClFN4O3S. The monoisotopic (exact) mass is 488 g/mol. The molecule has 1 saturated heterocycles. The van der Waals surface area contributed by atoms with E-state index in [0.29, 0.717) is 18.7 Å². The summed E-state index contributed by atoms with van der Waals surface area (Å²) >= 11 is 5.69. The summed E-state index contributed by atoms with van der Waals surface area (Å²) in [5, 5.41) is -0.278. The first-order valence-corrected chi connectivity index (χ1v) is 12.2. The molecule has 4 rings (SSSR count). The fraction of sp³-hybridized carbons (Fsp3) is 0.217. The van der Waals surface area contributed by atoms with Gasteiger partial charge in [-0.1, -0.05) is 17.7 Å². The molecule has 3 aromatic rings. The van der Waals surface area contributed by atoms with Crippen molar-refractivity contribution in [3.8, 4) is 0 Å². The van der Waals surface area contributed by atoms with Crippen LogP contribution in [0.15, 0.2) is 71.9 Å². The molecule has 0 unspecified atom stereocenters. The number of carbonyl (C=O) groups excluding carboxylic acids is 1. The number of aromatic nitrogens is 1. The molecule has 1 aliphatic heterocycles. The lowest BCUT2D eigenvalue weighted by molar-refractivity contribution is 0.0628. The summed E-state index contributed by atoms with van der Waals surface area (Å²) in [7, 11) is -3.94. The molecule has 1 N–H and O–H groups in total. The molecule has 0 aliphatic carbocycles. The lowest BCUT2D eigenvalue weighted by atomic mass is 10.1. The van der Waals surface area contributed by atoms with E-state index < -0.39 is 15.8 Å². The van der Waals surface area contributed by atoms with Crippen LogP contribution in [-0.4, -0.2) is 55.3 Å². The summed E-state index contributed by atoms with van der Waals surface area (Å²) in [6.07, 6.45) is 3.59. The zero-order valence-corrected chi connectivity index (χ0v) is 19.2. The Morgan fingerprint density at radius 3 is 2.42 bits per heavy atom. The first-order valence-electron chi connectivity index (χ1n) is 10.3. The topological polar surface area (TPSA) is 82.6 Å². The highest BCUT2D eigenvalue weighted by molar-refractivity contribution is 7.92. The van der Waals surface area contributed by atoms with Gasteiger partial charge in [0.25, 0.3) is 15.9 Å². The fourth-order valence-electron chi connectivity index (χ4n) is 3.58. The molecular weight excluding hydrogens is 467 g/mol. The first kappa shape index (κ1) is 23.2. The molecule has 2 aromatic carbocycles. The number of nitrogens with zero attached hydrogens (tertiary/aromatic N) is 3. The van der Waals surface area contributed by atoms with Gasteiger partial charge in [-0.15, -0.1) is 0 Å². The number of piperazine rings is 1. The Kier molecular flexibility index (Phi) is 6.92. The molecule has 10 heteroatoms. The quantitative estimate of drug-likeness (QED) is 0.573. The van der Waals surface area contributed by atoms with Crippen LogP contribution in [-0.2, 0) is 16.6 Å². The molecule has 0 saturated carbocycles. The average Bonchev–Trinajstić information content (AvgIpc) is 2.82. The number of anilines is 1. The number of hydrogen-bond acceptors (Lipinski definition) is 5. The maximum absolute atomic E-state index is 13.3. The minimum absolute atomic E-state index is 0.101. The second-order valence-electron chi connectivity index (χ2n) is 7.69. The highest BCUT2D eigenvalue weighted by atomic mass is 35.5. The van der Waals surface area contributed by atoms with Crippen LogP contribution in [0.25, 0.3) is 0 Å². The van der Waals surface area contributed by atoms with E-state index in [1.807, 2.05) is 18.3 Å². The second kappa shape index (κ2) is 9.86. The summed E-state index contributed by atoms with van der Waals surface area (Å²) in [6.45, 7) is 3.54. The van der Waals surface area contributed by atoms with Gasteiger partial charge in [0.05, 0.1) is 9.92 Å². The molecule has 1 amide bonds. The molecule has 1 fully saturated rings. The van der Waals surface area contributed by atoms with Crippen molar-refractivity contribution in [1.29, 1.82) is 0 Å². The summed E-state index contributed by atoms with van der Waals surface area (Å²) in [5.41, 5.74) is 1.90. The Morgan fingerprint density at radius 2 is 1.79 bits per heavy atom. The largest absolute Gasteiger partial charge is 0.336 e. The molecule has 2 heterocycles. The van der Waals surface area contributed by atoms with Gasteiger partial charge in [0.2, 0.25) is 0 Å². The van der Waals surface area contributed by atoms with Crippen LogP contribution >= 0.6 is 11.6 Å². The number of rotatable bonds is 6. The van der Waals surface area contributed by atoms with Gasteiger partial charge in [-0.3, -0.25) is 19.4 Å². The molecule has 0 spiro atoms. The highest BCUT2D eigenvalue weighted by Gasteiger charge is 2.22. The van der Waals surface area contributed by atoms with Gasteiger partial charge in [-0.25, -0.2) is 12.8 Å². The molecule has 0 radical (unpaired) electrons. The number of amides is 1. The van der Waals surface area contributed by atoms with Crippen molar-refractivity contribution < 1.29 is 17.6 Å². The number of carbonyl (C=O) groups is 1. The minimum Gasteiger partial charge on any atom is -0.336 e. The number of pyridine rings is 1. The third-order valence-corrected chi connectivity index (χ3v) is 7.04. The smallest absolute Gasteiger partial charge is 0.261 e. The van der Waals surface area contributed by atoms with Crippen LogP contribution in [0.4, 0.5) is 10.1 Å². The van der Waals surface area contributed by atoms with Crippen molar-refractivity contribution in [3.05, 3.63) is 89.0 Å². The van der Waals surface area contributed by atoms with Crippen molar-refractivity contribution >= 4 is 33.2 Å². The Morgan fingerprint density at radius 1 is 1.06 bits per heavy atom. The zero-order chi connectivity index (χ0) is 23.4. The molecule has 0 atom stereocenters. The van der Waals surface area contributed by atoms with Crippen molar-refractivity contribution in [2.24, 2.45) is 0 Å². The number of benzene rings is 2. The normalized spacial score (nSPS) is 14.8. The maximum atomic E-state index is 13.3. The first-order chi connectivity index (χ1) is 15.8. The Hall–Kier alpha value is -3.01. The van der Waals surface area contributed by atoms with Crippen molar-refractivity contribution in [2.45, 2.75) is 11.4 Å². The molecule has 7 nitrogen and oxygen atoms in total. The van der Waals surface area contributed by atoms with Crippen LogP contribution in [0, 0.1) is 5.82 Å². The van der Waals surface area contributed by atoms with Gasteiger partial charge >= 0.3 is 0 Å². The van der Waals surface area contributed by atoms with Crippen molar-refractivity contribution in [3.63, 3.8) is 0 Å². The lowest BCUT2D eigenvalue weighted by Gasteiger charge is -2.34. The SMILES string of the molecule is O=C(c1ccc(NS(=O)(=O)c2ccc(F)c(Cl)c2)cc1)N1CCN(Cc2cccnc2)CC1. The Bertz CT molecular complexity index is 1230. The van der Waals surface area contributed by atoms with Crippen molar-refractivity contribution in [2.75, 3.05) is 30.9 Å². The van der Waals surface area contributed by atoms with Crippen LogP contribution in [0.2, 0.25) is 5.02 Å². The van der Waals surface area contributed by atoms with Gasteiger partial charge in [-0.05, 0) is 54.1 Å². The van der Waals surface area contributed by atoms with E-state index >= 15 is 0 Å².